The van der Waals surface area contributed by atoms with E-state index in [1.54, 1.807) is 13.8 Å². The van der Waals surface area contributed by atoms with Gasteiger partial charge in [0.25, 0.3) is 0 Å². The molecule has 0 aliphatic heterocycles. The van der Waals surface area contributed by atoms with E-state index in [1.807, 2.05) is 0 Å². The van der Waals surface area contributed by atoms with E-state index in [0.717, 1.165) is 0 Å². The van der Waals surface area contributed by atoms with Crippen molar-refractivity contribution in [1.82, 2.24) is 0 Å². The van der Waals surface area contributed by atoms with Gasteiger partial charge < -0.3 is 13.8 Å². The van der Waals surface area contributed by atoms with E-state index in [-0.39, 0.29) is 19.5 Å². The van der Waals surface area contributed by atoms with Gasteiger partial charge in [-0.3, -0.25) is 0 Å². The Morgan fingerprint density at radius 3 is 0.800 bits per heavy atom. The molecule has 0 atom stereocenters. The molecule has 0 fully saturated rings. The van der Waals surface area contributed by atoms with Gasteiger partial charge in [0, 0.05) is 19.5 Å². The second-order valence-electron chi connectivity index (χ2n) is 0. The molecule has 0 nitrogen and oxygen atoms in total. The van der Waals surface area contributed by atoms with Crippen LogP contribution in [0.3, 0.4) is 0 Å². The second kappa shape index (κ2) is 156. The van der Waals surface area contributed by atoms with E-state index in [4.69, 9.17) is 0 Å². The summed E-state index contributed by atoms with van der Waals surface area (Å²) in [5.41, 5.74) is 0. The van der Waals surface area contributed by atoms with Crippen molar-refractivity contribution >= 4 is 0 Å². The number of rotatable bonds is 0. The predicted molar refractivity (Wildman–Crippen MR) is 22.1 cm³/mol. The molecule has 0 aromatic carbocycles. The molecule has 0 radical (unpaired) electrons. The standard InChI is InChI=1S/2C2H5.Zn/c2*1-2;/h2*1H2,2H3;/q2*-1;. The van der Waals surface area contributed by atoms with Crippen molar-refractivity contribution in [3.05, 3.63) is 13.8 Å². The van der Waals surface area contributed by atoms with Crippen molar-refractivity contribution in [1.29, 1.82) is 0 Å². The maximum absolute atomic E-state index is 3.25. The Morgan fingerprint density at radius 2 is 0.800 bits per heavy atom. The molecule has 5 heavy (non-hydrogen) atoms. The van der Waals surface area contributed by atoms with Crippen molar-refractivity contribution in [2.75, 3.05) is 0 Å². The average Bonchev–Trinajstić information content (AvgIpc) is 1.50. The van der Waals surface area contributed by atoms with E-state index in [1.165, 1.54) is 0 Å². The molecule has 0 aromatic rings. The summed E-state index contributed by atoms with van der Waals surface area (Å²) in [4.78, 5) is 0. The van der Waals surface area contributed by atoms with Crippen LogP contribution < -0.4 is 0 Å². The molecule has 30 valence electrons. The fourth-order valence-electron chi connectivity index (χ4n) is 0. The van der Waals surface area contributed by atoms with Crippen LogP contribution in [-0.4, -0.2) is 0 Å². The minimum Gasteiger partial charge on any atom is -0.346 e. The smallest absolute Gasteiger partial charge is 0 e. The zero-order valence-electron chi connectivity index (χ0n) is 4.12. The van der Waals surface area contributed by atoms with Crippen molar-refractivity contribution in [3.8, 4) is 0 Å². The van der Waals surface area contributed by atoms with Crippen LogP contribution >= 0.6 is 0 Å². The van der Waals surface area contributed by atoms with E-state index < -0.39 is 0 Å². The van der Waals surface area contributed by atoms with E-state index in [2.05, 4.69) is 13.8 Å². The van der Waals surface area contributed by atoms with Gasteiger partial charge >= 0.3 is 0 Å². The summed E-state index contributed by atoms with van der Waals surface area (Å²) < 4.78 is 0. The zero-order valence-corrected chi connectivity index (χ0v) is 7.09. The summed E-state index contributed by atoms with van der Waals surface area (Å²) in [6, 6.07) is 0. The molecule has 0 spiro atoms. The first-order chi connectivity index (χ1) is 2.00. The van der Waals surface area contributed by atoms with Crippen LogP contribution in [0.1, 0.15) is 13.8 Å². The van der Waals surface area contributed by atoms with Crippen LogP contribution in [0.25, 0.3) is 0 Å². The molecular weight excluding hydrogens is 113 g/mol. The van der Waals surface area contributed by atoms with Gasteiger partial charge in [0.2, 0.25) is 0 Å². The topological polar surface area (TPSA) is 0 Å². The third kappa shape index (κ3) is 81.9. The second-order valence-corrected chi connectivity index (χ2v) is 0. The fraction of sp³-hybridized carbons (Fsp3) is 0.500. The summed E-state index contributed by atoms with van der Waals surface area (Å²) in [6.45, 7) is 10.0. The summed E-state index contributed by atoms with van der Waals surface area (Å²) in [5.74, 6) is 0. The van der Waals surface area contributed by atoms with Crippen molar-refractivity contribution in [2.45, 2.75) is 13.8 Å². The Labute approximate surface area is 47.7 Å². The monoisotopic (exact) mass is 122 g/mol. The van der Waals surface area contributed by atoms with E-state index in [9.17, 15) is 0 Å². The van der Waals surface area contributed by atoms with E-state index in [0.29, 0.717) is 0 Å². The van der Waals surface area contributed by atoms with Crippen molar-refractivity contribution < 1.29 is 19.5 Å². The van der Waals surface area contributed by atoms with Crippen LogP contribution in [-0.2, 0) is 19.5 Å². The predicted octanol–water partition coefficient (Wildman–Crippen LogP) is 1.68. The van der Waals surface area contributed by atoms with Crippen LogP contribution in [0.4, 0.5) is 0 Å². The molecule has 0 aliphatic carbocycles. The number of hydrogen-bond donors (Lipinski definition) is 0. The first-order valence-electron chi connectivity index (χ1n) is 1.41. The van der Waals surface area contributed by atoms with Crippen LogP contribution in [0.2, 0.25) is 0 Å². The largest absolute Gasteiger partial charge is 0.346 e. The van der Waals surface area contributed by atoms with Gasteiger partial charge in [-0.05, 0) is 0 Å². The van der Waals surface area contributed by atoms with Crippen LogP contribution in [0, 0.1) is 13.8 Å². The summed E-state index contributed by atoms with van der Waals surface area (Å²) in [7, 11) is 0. The maximum Gasteiger partial charge on any atom is 0 e. The molecule has 0 aromatic heterocycles. The van der Waals surface area contributed by atoms with Crippen molar-refractivity contribution in [2.24, 2.45) is 0 Å². The third-order valence-electron chi connectivity index (χ3n) is 0. The quantitative estimate of drug-likeness (QED) is 0.340. The van der Waals surface area contributed by atoms with Gasteiger partial charge in [-0.2, -0.15) is 13.8 Å². The first kappa shape index (κ1) is 17.5. The minimum atomic E-state index is 0. The molecule has 0 saturated carbocycles. The number of hydrogen-bond acceptors (Lipinski definition) is 0. The van der Waals surface area contributed by atoms with Gasteiger partial charge in [-0.25, -0.2) is 0 Å². The Morgan fingerprint density at radius 1 is 0.800 bits per heavy atom. The Hall–Kier alpha value is 0.623. The SMILES string of the molecule is [CH2-]C.[CH2-]C.[Zn]. The maximum atomic E-state index is 3.25. The van der Waals surface area contributed by atoms with Gasteiger partial charge in [0.1, 0.15) is 0 Å². The van der Waals surface area contributed by atoms with Gasteiger partial charge in [-0.15, -0.1) is 0 Å². The Kier molecular flexibility index (Phi) is 546. The Balaban J connectivity index is -0.0000000133. The fourth-order valence-corrected chi connectivity index (χ4v) is 0. The molecule has 0 heterocycles. The molecule has 1 heteroatoms. The summed E-state index contributed by atoms with van der Waals surface area (Å²) in [6.07, 6.45) is 0. The summed E-state index contributed by atoms with van der Waals surface area (Å²) >= 11 is 0. The van der Waals surface area contributed by atoms with Crippen molar-refractivity contribution in [3.63, 3.8) is 0 Å². The summed E-state index contributed by atoms with van der Waals surface area (Å²) in [5, 5.41) is 0. The molecular formula is C4H10Zn-2. The van der Waals surface area contributed by atoms with Gasteiger partial charge in [0.15, 0.2) is 0 Å². The molecule has 0 N–H and O–H groups in total. The van der Waals surface area contributed by atoms with Gasteiger partial charge in [-0.1, -0.05) is 0 Å². The molecule has 0 unspecified atom stereocenters. The minimum absolute atomic E-state index is 0. The molecule has 0 aliphatic rings. The normalized spacial score (nSPS) is 2.40. The average molecular weight is 124 g/mol. The third-order valence-corrected chi connectivity index (χ3v) is 0. The van der Waals surface area contributed by atoms with Crippen LogP contribution in [0.15, 0.2) is 0 Å². The van der Waals surface area contributed by atoms with Crippen LogP contribution in [0.5, 0.6) is 0 Å². The van der Waals surface area contributed by atoms with Gasteiger partial charge in [0.05, 0.1) is 0 Å². The van der Waals surface area contributed by atoms with E-state index >= 15 is 0 Å². The zero-order chi connectivity index (χ0) is 4.00. The Bertz CT molecular complexity index is 3.61. The first-order valence-corrected chi connectivity index (χ1v) is 1.41. The molecule has 0 rings (SSSR count). The molecule has 0 bridgehead atoms. The molecule has 0 amide bonds. The molecule has 0 saturated heterocycles.